The Morgan fingerprint density at radius 2 is 2.17 bits per heavy atom. The van der Waals surface area contributed by atoms with Crippen molar-refractivity contribution in [1.82, 2.24) is 4.98 Å². The molecule has 0 unspecified atom stereocenters. The highest BCUT2D eigenvalue weighted by atomic mass is 35.5. The van der Waals surface area contributed by atoms with Crippen molar-refractivity contribution in [2.45, 2.75) is 12.8 Å². The third kappa shape index (κ3) is 3.33. The van der Waals surface area contributed by atoms with E-state index in [1.165, 1.54) is 13.3 Å². The Hall–Kier alpha value is -2.60. The van der Waals surface area contributed by atoms with Crippen molar-refractivity contribution >= 4 is 34.8 Å². The Kier molecular flexibility index (Phi) is 4.66. The van der Waals surface area contributed by atoms with Crippen molar-refractivity contribution in [1.29, 1.82) is 0 Å². The van der Waals surface area contributed by atoms with Crippen molar-refractivity contribution in [2.75, 3.05) is 23.9 Å². The van der Waals surface area contributed by atoms with E-state index in [9.17, 15) is 9.59 Å². The summed E-state index contributed by atoms with van der Waals surface area (Å²) in [6.07, 6.45) is 2.81. The Bertz CT molecular complexity index is 777. The first-order valence-electron chi connectivity index (χ1n) is 7.50. The third-order valence-corrected chi connectivity index (χ3v) is 4.10. The summed E-state index contributed by atoms with van der Waals surface area (Å²) in [6, 6.07) is 8.25. The number of benzene rings is 1. The maximum absolute atomic E-state index is 12.4. The predicted molar refractivity (Wildman–Crippen MR) is 91.8 cm³/mol. The summed E-state index contributed by atoms with van der Waals surface area (Å²) in [5.74, 6) is 0.190. The normalized spacial score (nSPS) is 13.9. The fourth-order valence-electron chi connectivity index (χ4n) is 2.54. The number of nitrogens with zero attached hydrogens (tertiary/aromatic N) is 2. The van der Waals surface area contributed by atoms with Gasteiger partial charge in [0.15, 0.2) is 0 Å². The van der Waals surface area contributed by atoms with Crippen LogP contribution in [0.15, 0.2) is 36.5 Å². The first-order chi connectivity index (χ1) is 11.6. The van der Waals surface area contributed by atoms with Gasteiger partial charge in [0.1, 0.15) is 0 Å². The van der Waals surface area contributed by atoms with Gasteiger partial charge in [-0.1, -0.05) is 11.6 Å². The minimum Gasteiger partial charge on any atom is -0.481 e. The molecule has 1 fully saturated rings. The fraction of sp³-hybridized carbons (Fsp3) is 0.235. The standard InChI is InChI=1S/C17H16ClN3O3/c1-24-15-7-5-12(10-19-15)20-17(23)11-4-6-13(18)14(9-11)21-8-2-3-16(21)22/h4-7,9-10H,2-3,8H2,1H3,(H,20,23). The number of pyridine rings is 1. The van der Waals surface area contributed by atoms with E-state index in [0.717, 1.165) is 6.42 Å². The molecular formula is C17H16ClN3O3. The lowest BCUT2D eigenvalue weighted by molar-refractivity contribution is -0.117. The lowest BCUT2D eigenvalue weighted by Crippen LogP contribution is -2.24. The second kappa shape index (κ2) is 6.88. The quantitative estimate of drug-likeness (QED) is 0.924. The molecule has 1 aliphatic heterocycles. The van der Waals surface area contributed by atoms with Crippen LogP contribution in [0.25, 0.3) is 0 Å². The summed E-state index contributed by atoms with van der Waals surface area (Å²) in [5.41, 5.74) is 1.54. The van der Waals surface area contributed by atoms with Crippen LogP contribution in [0.4, 0.5) is 11.4 Å². The zero-order valence-electron chi connectivity index (χ0n) is 13.1. The maximum Gasteiger partial charge on any atom is 0.255 e. The highest BCUT2D eigenvalue weighted by Crippen LogP contribution is 2.30. The molecule has 0 saturated carbocycles. The molecule has 24 heavy (non-hydrogen) atoms. The molecule has 2 heterocycles. The van der Waals surface area contributed by atoms with Gasteiger partial charge in [-0.15, -0.1) is 0 Å². The van der Waals surface area contributed by atoms with Crippen LogP contribution in [0.2, 0.25) is 5.02 Å². The number of rotatable bonds is 4. The zero-order chi connectivity index (χ0) is 17.1. The van der Waals surface area contributed by atoms with Crippen molar-refractivity contribution in [3.05, 3.63) is 47.1 Å². The Morgan fingerprint density at radius 3 is 2.79 bits per heavy atom. The predicted octanol–water partition coefficient (Wildman–Crippen LogP) is 3.12. The average molecular weight is 346 g/mol. The molecule has 0 atom stereocenters. The van der Waals surface area contributed by atoms with Gasteiger partial charge in [-0.25, -0.2) is 4.98 Å². The SMILES string of the molecule is COc1ccc(NC(=O)c2ccc(Cl)c(N3CCCC3=O)c2)cn1. The van der Waals surface area contributed by atoms with E-state index in [1.807, 2.05) is 0 Å². The molecular weight excluding hydrogens is 330 g/mol. The van der Waals surface area contributed by atoms with Gasteiger partial charge in [-0.2, -0.15) is 0 Å². The van der Waals surface area contributed by atoms with Gasteiger partial charge in [0.25, 0.3) is 5.91 Å². The van der Waals surface area contributed by atoms with E-state index in [-0.39, 0.29) is 11.8 Å². The van der Waals surface area contributed by atoms with Crippen LogP contribution >= 0.6 is 11.6 Å². The first kappa shape index (κ1) is 16.3. The smallest absolute Gasteiger partial charge is 0.255 e. The molecule has 1 aromatic carbocycles. The molecule has 0 spiro atoms. The van der Waals surface area contributed by atoms with Crippen molar-refractivity contribution in [3.63, 3.8) is 0 Å². The van der Waals surface area contributed by atoms with E-state index >= 15 is 0 Å². The number of carbonyl (C=O) groups is 2. The van der Waals surface area contributed by atoms with Crippen LogP contribution in [0.1, 0.15) is 23.2 Å². The molecule has 6 nitrogen and oxygen atoms in total. The number of ether oxygens (including phenoxy) is 1. The molecule has 1 saturated heterocycles. The number of methoxy groups -OCH3 is 1. The Morgan fingerprint density at radius 1 is 1.33 bits per heavy atom. The molecule has 0 radical (unpaired) electrons. The first-order valence-corrected chi connectivity index (χ1v) is 7.87. The fourth-order valence-corrected chi connectivity index (χ4v) is 2.76. The summed E-state index contributed by atoms with van der Waals surface area (Å²) < 4.78 is 4.98. The largest absolute Gasteiger partial charge is 0.481 e. The summed E-state index contributed by atoms with van der Waals surface area (Å²) in [4.78, 5) is 30.0. The van der Waals surface area contributed by atoms with Gasteiger partial charge < -0.3 is 15.0 Å². The van der Waals surface area contributed by atoms with E-state index in [2.05, 4.69) is 10.3 Å². The topological polar surface area (TPSA) is 71.5 Å². The van der Waals surface area contributed by atoms with Crippen molar-refractivity contribution in [3.8, 4) is 5.88 Å². The molecule has 2 amide bonds. The number of anilines is 2. The number of hydrogen-bond donors (Lipinski definition) is 1. The lowest BCUT2D eigenvalue weighted by Gasteiger charge is -2.18. The Balaban J connectivity index is 1.80. The number of nitrogens with one attached hydrogen (secondary N) is 1. The number of amides is 2. The van der Waals surface area contributed by atoms with Gasteiger partial charge in [0.05, 0.1) is 29.7 Å². The molecule has 1 aliphatic rings. The lowest BCUT2D eigenvalue weighted by atomic mass is 10.1. The van der Waals surface area contributed by atoms with E-state index in [1.54, 1.807) is 35.2 Å². The highest BCUT2D eigenvalue weighted by Gasteiger charge is 2.24. The molecule has 1 N–H and O–H groups in total. The van der Waals surface area contributed by atoms with E-state index in [4.69, 9.17) is 16.3 Å². The highest BCUT2D eigenvalue weighted by molar-refractivity contribution is 6.34. The maximum atomic E-state index is 12.4. The molecule has 124 valence electrons. The summed E-state index contributed by atoms with van der Waals surface area (Å²) in [6.45, 7) is 0.617. The summed E-state index contributed by atoms with van der Waals surface area (Å²) >= 11 is 6.19. The van der Waals surface area contributed by atoms with Gasteiger partial charge >= 0.3 is 0 Å². The van der Waals surface area contributed by atoms with Gasteiger partial charge in [0.2, 0.25) is 11.8 Å². The Labute approximate surface area is 144 Å². The van der Waals surface area contributed by atoms with Gasteiger partial charge in [-0.3, -0.25) is 9.59 Å². The third-order valence-electron chi connectivity index (χ3n) is 3.78. The number of hydrogen-bond acceptors (Lipinski definition) is 4. The molecule has 7 heteroatoms. The van der Waals surface area contributed by atoms with Gasteiger partial charge in [0, 0.05) is 24.6 Å². The average Bonchev–Trinajstić information content (AvgIpc) is 3.02. The monoisotopic (exact) mass is 345 g/mol. The molecule has 0 bridgehead atoms. The molecule has 1 aromatic heterocycles. The van der Waals surface area contributed by atoms with Crippen LogP contribution in [-0.4, -0.2) is 30.5 Å². The number of aromatic nitrogens is 1. The van der Waals surface area contributed by atoms with Gasteiger partial charge in [-0.05, 0) is 30.7 Å². The summed E-state index contributed by atoms with van der Waals surface area (Å²) in [5, 5.41) is 3.21. The second-order valence-electron chi connectivity index (χ2n) is 5.36. The van der Waals surface area contributed by atoms with E-state index in [0.29, 0.717) is 40.8 Å². The van der Waals surface area contributed by atoms with Crippen LogP contribution in [0, 0.1) is 0 Å². The van der Waals surface area contributed by atoms with Crippen LogP contribution in [0.5, 0.6) is 5.88 Å². The van der Waals surface area contributed by atoms with Crippen molar-refractivity contribution < 1.29 is 14.3 Å². The van der Waals surface area contributed by atoms with Crippen LogP contribution in [0.3, 0.4) is 0 Å². The molecule has 3 rings (SSSR count). The molecule has 2 aromatic rings. The molecule has 0 aliphatic carbocycles. The van der Waals surface area contributed by atoms with Crippen LogP contribution < -0.4 is 15.0 Å². The van der Waals surface area contributed by atoms with Crippen molar-refractivity contribution in [2.24, 2.45) is 0 Å². The minimum absolute atomic E-state index is 0.0220. The second-order valence-corrected chi connectivity index (χ2v) is 5.77. The number of halogens is 1. The van der Waals surface area contributed by atoms with Crippen LogP contribution in [-0.2, 0) is 4.79 Å². The number of carbonyl (C=O) groups excluding carboxylic acids is 2. The zero-order valence-corrected chi connectivity index (χ0v) is 13.8. The van der Waals surface area contributed by atoms with E-state index < -0.39 is 0 Å². The summed E-state index contributed by atoms with van der Waals surface area (Å²) in [7, 11) is 1.52. The minimum atomic E-state index is -0.300.